The van der Waals surface area contributed by atoms with Crippen LogP contribution in [0.5, 0.6) is 0 Å². The molecule has 2 unspecified atom stereocenters. The fourth-order valence-corrected chi connectivity index (χ4v) is 10.6. The largest absolute Gasteiger partial charge is 0.374 e. The van der Waals surface area contributed by atoms with Crippen LogP contribution in [-0.2, 0) is 41.5 Å². The quantitative estimate of drug-likeness (QED) is 0.294. The standard InChI is InChI=1S/C49H73N7O6/c1-5-34(2)46(57)51-40-18-12-13-19-41(52-47(58)35(3)50-4)49(60)56-27-23-39-43(56)31-54(25-21-37-16-10-7-11-17-37)33-45(39)62-29-28-61-44-32-53(24-20-36-14-8-6-9-15-36)30-42-38(44)22-26-55(42)48(40)59/h6-11,14-17,34-35,38-45,50H,5,12-13,18-33H2,1-4H3,(H,51,57)(H,52,58)/t34-,35+,38-,39-,40+,41+,42-,43-,44?,45?/m1/s1. The van der Waals surface area contributed by atoms with Crippen molar-refractivity contribution in [3.05, 3.63) is 71.8 Å². The summed E-state index contributed by atoms with van der Waals surface area (Å²) in [4.78, 5) is 65.3. The average molecular weight is 856 g/mol. The van der Waals surface area contributed by atoms with Crippen molar-refractivity contribution in [2.24, 2.45) is 17.8 Å². The maximum Gasteiger partial charge on any atom is 0.245 e. The van der Waals surface area contributed by atoms with E-state index in [4.69, 9.17) is 9.47 Å². The zero-order valence-electron chi connectivity index (χ0n) is 37.7. The van der Waals surface area contributed by atoms with Crippen molar-refractivity contribution in [2.45, 2.75) is 121 Å². The molecule has 0 aromatic heterocycles. The van der Waals surface area contributed by atoms with E-state index in [1.54, 1.807) is 14.0 Å². The van der Waals surface area contributed by atoms with Gasteiger partial charge in [0.25, 0.3) is 0 Å². The van der Waals surface area contributed by atoms with E-state index >= 15 is 0 Å². The van der Waals surface area contributed by atoms with Crippen molar-refractivity contribution >= 4 is 23.6 Å². The van der Waals surface area contributed by atoms with Gasteiger partial charge in [-0.1, -0.05) is 87.4 Å². The van der Waals surface area contributed by atoms with Crippen molar-refractivity contribution < 1.29 is 28.7 Å². The third kappa shape index (κ3) is 11.4. The lowest BCUT2D eigenvalue weighted by molar-refractivity contribution is -0.142. The van der Waals surface area contributed by atoms with Crippen LogP contribution in [0.2, 0.25) is 0 Å². The number of hydrogen-bond donors (Lipinski definition) is 3. The Hall–Kier alpha value is -3.88. The number of likely N-dealkylation sites (N-methyl/N-ethyl adjacent to an activating group) is 1. The van der Waals surface area contributed by atoms with Crippen LogP contribution in [0, 0.1) is 17.8 Å². The fourth-order valence-electron chi connectivity index (χ4n) is 10.6. The molecule has 4 amide bonds. The molecule has 13 nitrogen and oxygen atoms in total. The smallest absolute Gasteiger partial charge is 0.245 e. The molecule has 5 aliphatic heterocycles. The van der Waals surface area contributed by atoms with Gasteiger partial charge in [0, 0.05) is 82.2 Å². The van der Waals surface area contributed by atoms with Crippen molar-refractivity contribution in [1.29, 1.82) is 0 Å². The van der Waals surface area contributed by atoms with Crippen LogP contribution in [-0.4, -0.2) is 158 Å². The van der Waals surface area contributed by atoms with Gasteiger partial charge >= 0.3 is 0 Å². The molecule has 0 aliphatic carbocycles. The number of nitrogens with zero attached hydrogens (tertiary/aromatic N) is 4. The number of ether oxygens (including phenoxy) is 2. The lowest BCUT2D eigenvalue weighted by atomic mass is 9.88. The van der Waals surface area contributed by atoms with Crippen LogP contribution < -0.4 is 16.0 Å². The van der Waals surface area contributed by atoms with Gasteiger partial charge in [0.2, 0.25) is 23.6 Å². The summed E-state index contributed by atoms with van der Waals surface area (Å²) in [7, 11) is 1.74. The van der Waals surface area contributed by atoms with Gasteiger partial charge < -0.3 is 35.2 Å². The molecule has 5 fully saturated rings. The third-order valence-corrected chi connectivity index (χ3v) is 14.7. The van der Waals surface area contributed by atoms with Gasteiger partial charge in [-0.3, -0.25) is 29.0 Å². The predicted octanol–water partition coefficient (Wildman–Crippen LogP) is 3.51. The highest BCUT2D eigenvalue weighted by Gasteiger charge is 2.49. The van der Waals surface area contributed by atoms with Crippen molar-refractivity contribution in [2.75, 3.05) is 72.6 Å². The molecule has 8 bridgehead atoms. The Bertz CT molecular complexity index is 1640. The van der Waals surface area contributed by atoms with Gasteiger partial charge in [-0.15, -0.1) is 0 Å². The normalized spacial score (nSPS) is 30.1. The SMILES string of the molecule is CC[C@@H](C)C(=O)N[C@H]1CCCC[C@H](NC(=O)[C@H](C)NC)C(=O)N2CC[C@H]3C(CN(CCc4ccccc4)C[C@H]32)OCCOC2CN(CCc3ccccc3)C[C@@H]3[C@H]2CCN3C1=O. The van der Waals surface area contributed by atoms with Crippen molar-refractivity contribution in [1.82, 2.24) is 35.6 Å². The topological polar surface area (TPSA) is 136 Å². The van der Waals surface area contributed by atoms with E-state index in [1.165, 1.54) is 11.1 Å². The first-order chi connectivity index (χ1) is 30.1. The van der Waals surface area contributed by atoms with Gasteiger partial charge in [-0.05, 0) is 70.0 Å². The minimum atomic E-state index is -0.709. The Morgan fingerprint density at radius 1 is 0.661 bits per heavy atom. The maximum atomic E-state index is 14.7. The van der Waals surface area contributed by atoms with Crippen LogP contribution in [0.25, 0.3) is 0 Å². The maximum absolute atomic E-state index is 14.7. The average Bonchev–Trinajstić information content (AvgIpc) is 3.94. The molecule has 7 rings (SSSR count). The van der Waals surface area contributed by atoms with E-state index in [2.05, 4.69) is 74.3 Å². The van der Waals surface area contributed by atoms with Crippen molar-refractivity contribution in [3.63, 3.8) is 0 Å². The Morgan fingerprint density at radius 2 is 1.11 bits per heavy atom. The molecule has 5 aliphatic rings. The van der Waals surface area contributed by atoms with E-state index in [-0.39, 0.29) is 65.7 Å². The van der Waals surface area contributed by atoms with Gasteiger partial charge in [-0.2, -0.15) is 0 Å². The summed E-state index contributed by atoms with van der Waals surface area (Å²) < 4.78 is 13.7. The Kier molecular flexibility index (Phi) is 16.5. The minimum absolute atomic E-state index is 0.0281. The monoisotopic (exact) mass is 856 g/mol. The summed E-state index contributed by atoms with van der Waals surface area (Å²) in [6.07, 6.45) is 6.22. The highest BCUT2D eigenvalue weighted by atomic mass is 16.5. The van der Waals surface area contributed by atoms with Crippen LogP contribution in [0.1, 0.15) is 76.8 Å². The highest BCUT2D eigenvalue weighted by molar-refractivity contribution is 5.90. The minimum Gasteiger partial charge on any atom is -0.374 e. The number of carbonyl (C=O) groups excluding carboxylic acids is 4. The van der Waals surface area contributed by atoms with Gasteiger partial charge in [0.15, 0.2) is 0 Å². The van der Waals surface area contributed by atoms with Crippen LogP contribution in [0.15, 0.2) is 60.7 Å². The molecule has 2 aromatic carbocycles. The van der Waals surface area contributed by atoms with Gasteiger partial charge in [-0.25, -0.2) is 0 Å². The molecular formula is C49H73N7O6. The summed E-state index contributed by atoms with van der Waals surface area (Å²) >= 11 is 0. The number of likely N-dealkylation sites (tertiary alicyclic amines) is 2. The van der Waals surface area contributed by atoms with E-state index in [0.717, 1.165) is 65.0 Å². The molecule has 3 N–H and O–H groups in total. The molecule has 10 atom stereocenters. The summed E-state index contributed by atoms with van der Waals surface area (Å²) in [5.74, 6) is -0.266. The van der Waals surface area contributed by atoms with Crippen LogP contribution >= 0.6 is 0 Å². The zero-order chi connectivity index (χ0) is 43.6. The van der Waals surface area contributed by atoms with Crippen molar-refractivity contribution in [3.8, 4) is 0 Å². The Morgan fingerprint density at radius 3 is 1.55 bits per heavy atom. The number of hydrogen-bond acceptors (Lipinski definition) is 9. The number of piperidine rings is 2. The molecule has 5 saturated heterocycles. The van der Waals surface area contributed by atoms with E-state index in [0.29, 0.717) is 58.4 Å². The molecular weight excluding hydrogens is 783 g/mol. The molecule has 0 radical (unpaired) electrons. The summed E-state index contributed by atoms with van der Waals surface area (Å²) in [5, 5.41) is 9.30. The number of benzene rings is 2. The number of rotatable bonds is 12. The van der Waals surface area contributed by atoms with Crippen LogP contribution in [0.4, 0.5) is 0 Å². The molecule has 0 spiro atoms. The summed E-state index contributed by atoms with van der Waals surface area (Å²) in [6, 6.07) is 19.2. The summed E-state index contributed by atoms with van der Waals surface area (Å²) in [5.41, 5.74) is 2.57. The Balaban J connectivity index is 1.15. The second-order valence-corrected chi connectivity index (χ2v) is 18.6. The molecule has 62 heavy (non-hydrogen) atoms. The van der Waals surface area contributed by atoms with Gasteiger partial charge in [0.05, 0.1) is 31.5 Å². The lowest BCUT2D eigenvalue weighted by Gasteiger charge is -2.44. The lowest BCUT2D eigenvalue weighted by Crippen LogP contribution is -2.60. The number of amides is 4. The predicted molar refractivity (Wildman–Crippen MR) is 240 cm³/mol. The first-order valence-electron chi connectivity index (χ1n) is 23.8. The highest BCUT2D eigenvalue weighted by Crippen LogP contribution is 2.37. The fraction of sp³-hybridized carbons (Fsp3) is 0.673. The number of nitrogens with one attached hydrogen (secondary N) is 3. The number of carbonyl (C=O) groups is 4. The molecule has 5 heterocycles. The van der Waals surface area contributed by atoms with Crippen LogP contribution in [0.3, 0.4) is 0 Å². The van der Waals surface area contributed by atoms with E-state index in [9.17, 15) is 19.2 Å². The second-order valence-electron chi connectivity index (χ2n) is 18.6. The Labute approximate surface area is 370 Å². The van der Waals surface area contributed by atoms with Gasteiger partial charge in [0.1, 0.15) is 12.1 Å². The zero-order valence-corrected chi connectivity index (χ0v) is 37.7. The molecule has 340 valence electrons. The molecule has 13 heteroatoms. The molecule has 2 aromatic rings. The first kappa shape index (κ1) is 46.1. The third-order valence-electron chi connectivity index (χ3n) is 14.7. The van der Waals surface area contributed by atoms with E-state index in [1.807, 2.05) is 35.8 Å². The molecule has 0 saturated carbocycles. The first-order valence-corrected chi connectivity index (χ1v) is 23.8. The van der Waals surface area contributed by atoms with E-state index < -0.39 is 18.1 Å². The second kappa shape index (κ2) is 22.2. The summed E-state index contributed by atoms with van der Waals surface area (Å²) in [6.45, 7) is 12.7.